The SMILES string of the molecule is COc1ccc(-c2ccc(C3[C@H]4CNC[C@@H]3N4C(=O)Nc3ccc(F)cc3)cc2)cc1. The molecule has 2 amide bonds. The van der Waals surface area contributed by atoms with Gasteiger partial charge < -0.3 is 20.3 Å². The van der Waals surface area contributed by atoms with Crippen LogP contribution in [0.15, 0.2) is 72.8 Å². The summed E-state index contributed by atoms with van der Waals surface area (Å²) in [6.45, 7) is 1.52. The average Bonchev–Trinajstić information content (AvgIpc) is 2.81. The molecule has 3 aromatic carbocycles. The van der Waals surface area contributed by atoms with Gasteiger partial charge in [-0.2, -0.15) is 0 Å². The van der Waals surface area contributed by atoms with Crippen molar-refractivity contribution in [2.24, 2.45) is 0 Å². The standard InChI is InChI=1S/C25H24FN3O2/c1-31-21-12-6-17(7-13-21)16-2-4-18(5-3-16)24-22-14-27-15-23(24)29(22)25(30)28-20-10-8-19(26)9-11-20/h2-13,22-24,27H,14-15H2,1H3,(H,28,30)/t22-,23+,24?. The summed E-state index contributed by atoms with van der Waals surface area (Å²) in [7, 11) is 1.66. The summed E-state index contributed by atoms with van der Waals surface area (Å²) >= 11 is 0. The van der Waals surface area contributed by atoms with Gasteiger partial charge in [-0.3, -0.25) is 0 Å². The van der Waals surface area contributed by atoms with Gasteiger partial charge in [-0.05, 0) is 53.1 Å². The Labute approximate surface area is 180 Å². The fourth-order valence-electron chi connectivity index (χ4n) is 4.72. The van der Waals surface area contributed by atoms with Crippen LogP contribution in [-0.2, 0) is 0 Å². The molecule has 0 radical (unpaired) electrons. The van der Waals surface area contributed by atoms with E-state index in [1.807, 2.05) is 17.0 Å². The van der Waals surface area contributed by atoms with Crippen molar-refractivity contribution >= 4 is 11.7 Å². The predicted molar refractivity (Wildman–Crippen MR) is 119 cm³/mol. The highest BCUT2D eigenvalue weighted by Crippen LogP contribution is 2.43. The number of benzene rings is 3. The lowest BCUT2D eigenvalue weighted by Gasteiger charge is -2.59. The fraction of sp³-hybridized carbons (Fsp3) is 0.240. The lowest BCUT2D eigenvalue weighted by Crippen LogP contribution is -2.74. The number of urea groups is 1. The van der Waals surface area contributed by atoms with Crippen molar-refractivity contribution in [3.8, 4) is 16.9 Å². The number of methoxy groups -OCH3 is 1. The van der Waals surface area contributed by atoms with Gasteiger partial charge in [0.05, 0.1) is 19.2 Å². The van der Waals surface area contributed by atoms with Crippen molar-refractivity contribution in [2.75, 3.05) is 25.5 Å². The molecule has 2 heterocycles. The molecule has 158 valence electrons. The second-order valence-electron chi connectivity index (χ2n) is 8.01. The number of ether oxygens (including phenoxy) is 1. The zero-order chi connectivity index (χ0) is 21.4. The molecule has 0 aliphatic carbocycles. The molecule has 0 saturated carbocycles. The van der Waals surface area contributed by atoms with E-state index in [9.17, 15) is 9.18 Å². The Morgan fingerprint density at radius 3 is 2.10 bits per heavy atom. The molecular weight excluding hydrogens is 393 g/mol. The van der Waals surface area contributed by atoms with Crippen molar-refractivity contribution < 1.29 is 13.9 Å². The van der Waals surface area contributed by atoms with E-state index in [2.05, 4.69) is 47.0 Å². The Bertz CT molecular complexity index is 1060. The highest BCUT2D eigenvalue weighted by atomic mass is 19.1. The molecule has 2 fully saturated rings. The number of rotatable bonds is 4. The van der Waals surface area contributed by atoms with Crippen LogP contribution in [0.3, 0.4) is 0 Å². The van der Waals surface area contributed by atoms with Gasteiger partial charge >= 0.3 is 6.03 Å². The highest BCUT2D eigenvalue weighted by molar-refractivity contribution is 5.91. The van der Waals surface area contributed by atoms with Crippen LogP contribution in [0, 0.1) is 5.82 Å². The number of carbonyl (C=O) groups excluding carboxylic acids is 1. The Balaban J connectivity index is 1.30. The molecule has 3 aromatic rings. The topological polar surface area (TPSA) is 53.6 Å². The van der Waals surface area contributed by atoms with Gasteiger partial charge in [0.2, 0.25) is 0 Å². The third-order valence-electron chi connectivity index (χ3n) is 6.30. The smallest absolute Gasteiger partial charge is 0.322 e. The zero-order valence-electron chi connectivity index (χ0n) is 17.2. The number of fused-ring (bicyclic) bond motifs is 2. The second-order valence-corrected chi connectivity index (χ2v) is 8.01. The summed E-state index contributed by atoms with van der Waals surface area (Å²) in [5.41, 5.74) is 4.15. The molecule has 0 aromatic heterocycles. The summed E-state index contributed by atoms with van der Waals surface area (Å²) in [6.07, 6.45) is 0. The molecular formula is C25H24FN3O2. The number of amides is 2. The second kappa shape index (κ2) is 8.04. The molecule has 2 aliphatic heterocycles. The van der Waals surface area contributed by atoms with E-state index in [1.165, 1.54) is 17.7 Å². The molecule has 5 nitrogen and oxygen atoms in total. The van der Waals surface area contributed by atoms with Crippen LogP contribution in [0.2, 0.25) is 0 Å². The summed E-state index contributed by atoms with van der Waals surface area (Å²) in [5.74, 6) is 0.834. The van der Waals surface area contributed by atoms with E-state index < -0.39 is 0 Å². The van der Waals surface area contributed by atoms with Gasteiger partial charge in [-0.15, -0.1) is 0 Å². The maximum atomic E-state index is 13.1. The van der Waals surface area contributed by atoms with E-state index >= 15 is 0 Å². The number of hydrogen-bond donors (Lipinski definition) is 2. The maximum absolute atomic E-state index is 13.1. The predicted octanol–water partition coefficient (Wildman–Crippen LogP) is 4.47. The summed E-state index contributed by atoms with van der Waals surface area (Å²) < 4.78 is 18.4. The molecule has 3 atom stereocenters. The number of carbonyl (C=O) groups is 1. The largest absolute Gasteiger partial charge is 0.497 e. The number of likely N-dealkylation sites (tertiary alicyclic amines) is 1. The Hall–Kier alpha value is -3.38. The van der Waals surface area contributed by atoms with Crippen LogP contribution >= 0.6 is 0 Å². The maximum Gasteiger partial charge on any atom is 0.322 e. The third-order valence-corrected chi connectivity index (χ3v) is 6.30. The molecule has 6 heteroatoms. The Morgan fingerprint density at radius 1 is 0.935 bits per heavy atom. The number of nitrogens with one attached hydrogen (secondary N) is 2. The van der Waals surface area contributed by atoms with E-state index in [4.69, 9.17) is 4.74 Å². The zero-order valence-corrected chi connectivity index (χ0v) is 17.2. The normalized spacial score (nSPS) is 21.9. The van der Waals surface area contributed by atoms with Gasteiger partial charge in [0.15, 0.2) is 0 Å². The van der Waals surface area contributed by atoms with E-state index in [-0.39, 0.29) is 23.9 Å². The lowest BCUT2D eigenvalue weighted by molar-refractivity contribution is 0.00202. The number of piperazine rings is 1. The van der Waals surface area contributed by atoms with Crippen LogP contribution in [-0.4, -0.2) is 43.2 Å². The van der Waals surface area contributed by atoms with Crippen LogP contribution in [0.1, 0.15) is 11.5 Å². The highest BCUT2D eigenvalue weighted by Gasteiger charge is 2.53. The number of hydrogen-bond acceptors (Lipinski definition) is 3. The van der Waals surface area contributed by atoms with E-state index in [0.717, 1.165) is 30.0 Å². The van der Waals surface area contributed by atoms with Gasteiger partial charge in [0.25, 0.3) is 0 Å². The van der Waals surface area contributed by atoms with Crippen LogP contribution in [0.25, 0.3) is 11.1 Å². The van der Waals surface area contributed by atoms with Gasteiger partial charge in [0, 0.05) is 24.7 Å². The number of halogens is 1. The van der Waals surface area contributed by atoms with E-state index in [0.29, 0.717) is 11.6 Å². The fourth-order valence-corrected chi connectivity index (χ4v) is 4.72. The Kier molecular flexibility index (Phi) is 5.08. The van der Waals surface area contributed by atoms with Crippen LogP contribution < -0.4 is 15.4 Å². The summed E-state index contributed by atoms with van der Waals surface area (Å²) in [5, 5.41) is 6.30. The number of anilines is 1. The molecule has 0 spiro atoms. The molecule has 2 N–H and O–H groups in total. The minimum atomic E-state index is -0.318. The summed E-state index contributed by atoms with van der Waals surface area (Å²) in [6, 6.07) is 22.6. The monoisotopic (exact) mass is 417 g/mol. The van der Waals surface area contributed by atoms with Crippen molar-refractivity contribution in [1.82, 2.24) is 10.2 Å². The molecule has 2 aliphatic rings. The number of nitrogens with zero attached hydrogens (tertiary/aromatic N) is 1. The first-order valence-electron chi connectivity index (χ1n) is 10.4. The Morgan fingerprint density at radius 2 is 1.52 bits per heavy atom. The minimum absolute atomic E-state index is 0.103. The van der Waals surface area contributed by atoms with Crippen molar-refractivity contribution in [3.05, 3.63) is 84.2 Å². The first kappa shape index (κ1) is 19.6. The van der Waals surface area contributed by atoms with Gasteiger partial charge in [0.1, 0.15) is 11.6 Å². The van der Waals surface area contributed by atoms with Crippen LogP contribution in [0.4, 0.5) is 14.9 Å². The van der Waals surface area contributed by atoms with E-state index in [1.54, 1.807) is 19.2 Å². The van der Waals surface area contributed by atoms with Crippen molar-refractivity contribution in [2.45, 2.75) is 18.0 Å². The first-order valence-corrected chi connectivity index (χ1v) is 10.4. The van der Waals surface area contributed by atoms with Crippen molar-refractivity contribution in [3.63, 3.8) is 0 Å². The lowest BCUT2D eigenvalue weighted by atomic mass is 9.72. The molecule has 1 unspecified atom stereocenters. The third kappa shape index (κ3) is 3.64. The number of piperidine rings is 1. The van der Waals surface area contributed by atoms with Crippen molar-refractivity contribution in [1.29, 1.82) is 0 Å². The molecule has 2 bridgehead atoms. The molecule has 5 rings (SSSR count). The molecule has 31 heavy (non-hydrogen) atoms. The van der Waals surface area contributed by atoms with Gasteiger partial charge in [-0.25, -0.2) is 9.18 Å². The first-order chi connectivity index (χ1) is 15.1. The quantitative estimate of drug-likeness (QED) is 0.659. The van der Waals surface area contributed by atoms with Crippen LogP contribution in [0.5, 0.6) is 5.75 Å². The molecule has 2 saturated heterocycles. The van der Waals surface area contributed by atoms with Gasteiger partial charge in [-0.1, -0.05) is 36.4 Å². The summed E-state index contributed by atoms with van der Waals surface area (Å²) in [4.78, 5) is 14.8. The minimum Gasteiger partial charge on any atom is -0.497 e. The average molecular weight is 417 g/mol.